The molecule has 0 fully saturated rings. The summed E-state index contributed by atoms with van der Waals surface area (Å²) >= 11 is 5.90. The molecule has 1 N–H and O–H groups in total. The minimum absolute atomic E-state index is 0.279. The van der Waals surface area contributed by atoms with E-state index in [2.05, 4.69) is 10.5 Å². The van der Waals surface area contributed by atoms with Gasteiger partial charge >= 0.3 is 0 Å². The quantitative estimate of drug-likeness (QED) is 0.510. The van der Waals surface area contributed by atoms with Gasteiger partial charge in [0.25, 0.3) is 5.91 Å². The van der Waals surface area contributed by atoms with E-state index in [0.29, 0.717) is 17.2 Å². The Morgan fingerprint density at radius 2 is 1.77 bits per heavy atom. The van der Waals surface area contributed by atoms with Crippen LogP contribution in [0.4, 0.5) is 0 Å². The van der Waals surface area contributed by atoms with Crippen molar-refractivity contribution in [2.24, 2.45) is 5.10 Å². The molecule has 0 bridgehead atoms. The Kier molecular flexibility index (Phi) is 6.01. The summed E-state index contributed by atoms with van der Waals surface area (Å²) in [4.78, 5) is 12.1. The Labute approximate surface area is 157 Å². The van der Waals surface area contributed by atoms with Gasteiger partial charge in [-0.2, -0.15) is 5.10 Å². The Balaban J connectivity index is 1.53. The molecule has 0 aromatic heterocycles. The number of hydrogen-bond acceptors (Lipinski definition) is 3. The van der Waals surface area contributed by atoms with Gasteiger partial charge in [-0.05, 0) is 47.5 Å². The standard InChI is InChI=1S/C21H17ClN2O2/c22-19-6-4-5-17(13-19)14-23-24-21(25)18-11-9-16(10-12-18)15-26-20-7-2-1-3-8-20/h1-14H,15H2,(H,24,25)/b23-14-. The van der Waals surface area contributed by atoms with Crippen molar-refractivity contribution in [3.05, 3.63) is 101 Å². The number of carbonyl (C=O) groups is 1. The van der Waals surface area contributed by atoms with E-state index in [9.17, 15) is 4.79 Å². The van der Waals surface area contributed by atoms with Gasteiger partial charge in [-0.25, -0.2) is 5.43 Å². The van der Waals surface area contributed by atoms with Crippen LogP contribution in [0, 0.1) is 0 Å². The fraction of sp³-hybridized carbons (Fsp3) is 0.0476. The van der Waals surface area contributed by atoms with Crippen molar-refractivity contribution in [3.8, 4) is 5.75 Å². The minimum atomic E-state index is -0.279. The first kappa shape index (κ1) is 17.7. The van der Waals surface area contributed by atoms with Crippen molar-refractivity contribution in [1.82, 2.24) is 5.43 Å². The Morgan fingerprint density at radius 3 is 2.50 bits per heavy atom. The number of carbonyl (C=O) groups excluding carboxylic acids is 1. The van der Waals surface area contributed by atoms with E-state index in [1.54, 1.807) is 30.5 Å². The van der Waals surface area contributed by atoms with Crippen molar-refractivity contribution >= 4 is 23.7 Å². The number of amides is 1. The number of para-hydroxylation sites is 1. The van der Waals surface area contributed by atoms with Crippen molar-refractivity contribution in [3.63, 3.8) is 0 Å². The second-order valence-electron chi connectivity index (χ2n) is 5.55. The molecule has 0 aliphatic carbocycles. The third-order valence-corrected chi connectivity index (χ3v) is 3.83. The highest BCUT2D eigenvalue weighted by atomic mass is 35.5. The number of nitrogens with one attached hydrogen (secondary N) is 1. The predicted octanol–water partition coefficient (Wildman–Crippen LogP) is 4.68. The molecule has 0 saturated carbocycles. The van der Waals surface area contributed by atoms with Gasteiger partial charge in [-0.3, -0.25) is 4.79 Å². The van der Waals surface area contributed by atoms with Gasteiger partial charge in [0, 0.05) is 10.6 Å². The molecular weight excluding hydrogens is 348 g/mol. The molecule has 0 heterocycles. The lowest BCUT2D eigenvalue weighted by atomic mass is 10.1. The fourth-order valence-electron chi connectivity index (χ4n) is 2.25. The maximum absolute atomic E-state index is 12.1. The highest BCUT2D eigenvalue weighted by Gasteiger charge is 2.04. The molecule has 4 nitrogen and oxygen atoms in total. The van der Waals surface area contributed by atoms with Gasteiger partial charge < -0.3 is 4.74 Å². The normalized spacial score (nSPS) is 10.7. The zero-order valence-electron chi connectivity index (χ0n) is 13.9. The summed E-state index contributed by atoms with van der Waals surface area (Å²) < 4.78 is 5.68. The number of ether oxygens (including phenoxy) is 1. The zero-order valence-corrected chi connectivity index (χ0v) is 14.7. The molecule has 130 valence electrons. The molecule has 0 radical (unpaired) electrons. The van der Waals surface area contributed by atoms with E-state index in [0.717, 1.165) is 16.9 Å². The summed E-state index contributed by atoms with van der Waals surface area (Å²) in [6, 6.07) is 24.0. The molecular formula is C21H17ClN2O2. The van der Waals surface area contributed by atoms with Gasteiger partial charge in [0.2, 0.25) is 0 Å². The molecule has 0 saturated heterocycles. The Morgan fingerprint density at radius 1 is 1.00 bits per heavy atom. The molecule has 0 spiro atoms. The van der Waals surface area contributed by atoms with Crippen LogP contribution in [0.1, 0.15) is 21.5 Å². The van der Waals surface area contributed by atoms with Gasteiger partial charge in [0.1, 0.15) is 12.4 Å². The molecule has 0 aliphatic rings. The zero-order chi connectivity index (χ0) is 18.2. The lowest BCUT2D eigenvalue weighted by Gasteiger charge is -2.06. The molecule has 5 heteroatoms. The first-order valence-corrected chi connectivity index (χ1v) is 8.44. The summed E-state index contributed by atoms with van der Waals surface area (Å²) in [5.74, 6) is 0.531. The van der Waals surface area contributed by atoms with Gasteiger partial charge in [-0.15, -0.1) is 0 Å². The van der Waals surface area contributed by atoms with Crippen LogP contribution in [0.2, 0.25) is 5.02 Å². The Bertz CT molecular complexity index is 893. The van der Waals surface area contributed by atoms with Crippen LogP contribution in [0.3, 0.4) is 0 Å². The van der Waals surface area contributed by atoms with Crippen LogP contribution < -0.4 is 10.2 Å². The average molecular weight is 365 g/mol. The molecule has 3 aromatic rings. The lowest BCUT2D eigenvalue weighted by molar-refractivity contribution is 0.0955. The monoisotopic (exact) mass is 364 g/mol. The van der Waals surface area contributed by atoms with Crippen LogP contribution in [-0.4, -0.2) is 12.1 Å². The highest BCUT2D eigenvalue weighted by molar-refractivity contribution is 6.30. The summed E-state index contributed by atoms with van der Waals surface area (Å²) in [6.45, 7) is 0.443. The first-order valence-electron chi connectivity index (χ1n) is 8.06. The smallest absolute Gasteiger partial charge is 0.271 e. The van der Waals surface area contributed by atoms with E-state index >= 15 is 0 Å². The van der Waals surface area contributed by atoms with E-state index < -0.39 is 0 Å². The first-order chi connectivity index (χ1) is 12.7. The van der Waals surface area contributed by atoms with E-state index in [1.807, 2.05) is 54.6 Å². The Hall–Kier alpha value is -3.11. The maximum atomic E-state index is 12.1. The second-order valence-corrected chi connectivity index (χ2v) is 5.99. The number of halogens is 1. The maximum Gasteiger partial charge on any atom is 0.271 e. The molecule has 1 amide bonds. The summed E-state index contributed by atoms with van der Waals surface area (Å²) in [5, 5.41) is 4.57. The molecule has 0 atom stereocenters. The van der Waals surface area contributed by atoms with E-state index in [-0.39, 0.29) is 5.91 Å². The van der Waals surface area contributed by atoms with Gasteiger partial charge in [-0.1, -0.05) is 54.1 Å². The highest BCUT2D eigenvalue weighted by Crippen LogP contribution is 2.12. The molecule has 26 heavy (non-hydrogen) atoms. The average Bonchev–Trinajstić information content (AvgIpc) is 2.67. The van der Waals surface area contributed by atoms with Gasteiger partial charge in [0.05, 0.1) is 6.21 Å². The SMILES string of the molecule is O=C(N/N=C\c1cccc(Cl)c1)c1ccc(COc2ccccc2)cc1. The van der Waals surface area contributed by atoms with Crippen LogP contribution in [-0.2, 0) is 6.61 Å². The fourth-order valence-corrected chi connectivity index (χ4v) is 2.45. The topological polar surface area (TPSA) is 50.7 Å². The van der Waals surface area contributed by atoms with Crippen molar-refractivity contribution in [1.29, 1.82) is 0 Å². The number of benzene rings is 3. The summed E-state index contributed by atoms with van der Waals surface area (Å²) in [7, 11) is 0. The van der Waals surface area contributed by atoms with Crippen LogP contribution >= 0.6 is 11.6 Å². The lowest BCUT2D eigenvalue weighted by Crippen LogP contribution is -2.17. The predicted molar refractivity (Wildman–Crippen MR) is 104 cm³/mol. The van der Waals surface area contributed by atoms with E-state index in [1.165, 1.54) is 0 Å². The molecule has 0 aliphatic heterocycles. The van der Waals surface area contributed by atoms with E-state index in [4.69, 9.17) is 16.3 Å². The van der Waals surface area contributed by atoms with Crippen molar-refractivity contribution in [2.45, 2.75) is 6.61 Å². The number of hydrazone groups is 1. The number of hydrogen-bond donors (Lipinski definition) is 1. The van der Waals surface area contributed by atoms with Crippen LogP contribution in [0.25, 0.3) is 0 Å². The van der Waals surface area contributed by atoms with Gasteiger partial charge in [0.15, 0.2) is 0 Å². The summed E-state index contributed by atoms with van der Waals surface area (Å²) in [5.41, 5.74) is 4.82. The minimum Gasteiger partial charge on any atom is -0.489 e. The van der Waals surface area contributed by atoms with Crippen LogP contribution in [0.15, 0.2) is 84.0 Å². The third-order valence-electron chi connectivity index (χ3n) is 3.59. The molecule has 3 rings (SSSR count). The van der Waals surface area contributed by atoms with Crippen molar-refractivity contribution < 1.29 is 9.53 Å². The summed E-state index contributed by atoms with van der Waals surface area (Å²) in [6.07, 6.45) is 1.55. The number of rotatable bonds is 6. The molecule has 3 aromatic carbocycles. The second kappa shape index (κ2) is 8.83. The number of nitrogens with zero attached hydrogens (tertiary/aromatic N) is 1. The van der Waals surface area contributed by atoms with Crippen LogP contribution in [0.5, 0.6) is 5.75 Å². The largest absolute Gasteiger partial charge is 0.489 e. The third kappa shape index (κ3) is 5.19. The van der Waals surface area contributed by atoms with Crippen molar-refractivity contribution in [2.75, 3.05) is 0 Å². The molecule has 0 unspecified atom stereocenters.